The Morgan fingerprint density at radius 2 is 1.38 bits per heavy atom. The van der Waals surface area contributed by atoms with Crippen LogP contribution in [0.3, 0.4) is 0 Å². The topological polar surface area (TPSA) is 63.3 Å². The van der Waals surface area contributed by atoms with Crippen LogP contribution in [0.5, 0.6) is 0 Å². The average Bonchev–Trinajstić information content (AvgIpc) is 2.77. The molecule has 3 aromatic carbocycles. The monoisotopic (exact) mass is 387 g/mol. The van der Waals surface area contributed by atoms with Gasteiger partial charge in [-0.3, -0.25) is 4.79 Å². The van der Waals surface area contributed by atoms with E-state index in [0.29, 0.717) is 12.8 Å². The van der Waals surface area contributed by atoms with Crippen molar-refractivity contribution >= 4 is 5.78 Å². The molecule has 0 aliphatic carbocycles. The van der Waals surface area contributed by atoms with E-state index in [-0.39, 0.29) is 12.4 Å². The Hall–Kier alpha value is -2.75. The second kappa shape index (κ2) is 9.64. The fourth-order valence-corrected chi connectivity index (χ4v) is 3.26. The lowest BCUT2D eigenvalue weighted by molar-refractivity contribution is 0.0983. The third-order valence-corrected chi connectivity index (χ3v) is 5.32. The number of ketones is 1. The molecule has 29 heavy (non-hydrogen) atoms. The number of carbonyl (C=O) groups excluding carboxylic acids is 1. The minimum Gasteiger partial charge on any atom is -0.394 e. The first-order chi connectivity index (χ1) is 14.0. The number of aryl methyl sites for hydroxylation is 2. The van der Waals surface area contributed by atoms with E-state index in [1.165, 1.54) is 16.7 Å². The van der Waals surface area contributed by atoms with Crippen LogP contribution in [0.4, 0.5) is 0 Å². The number of hydrogen-bond acceptors (Lipinski definition) is 3. The summed E-state index contributed by atoms with van der Waals surface area (Å²) in [4.78, 5) is 12.5. The van der Waals surface area contributed by atoms with E-state index in [2.05, 4.69) is 36.4 Å². The van der Waals surface area contributed by atoms with Crippen LogP contribution in [0.15, 0.2) is 78.9 Å². The smallest absolute Gasteiger partial charge is 0.163 e. The van der Waals surface area contributed by atoms with Crippen LogP contribution in [-0.4, -0.2) is 23.0 Å². The Labute approximate surface area is 173 Å². The summed E-state index contributed by atoms with van der Waals surface area (Å²) in [5, 5.41) is 9.25. The highest BCUT2D eigenvalue weighted by Gasteiger charge is 2.16. The summed E-state index contributed by atoms with van der Waals surface area (Å²) in [6, 6.07) is 26.5. The maximum absolute atomic E-state index is 12.5. The van der Waals surface area contributed by atoms with Gasteiger partial charge in [-0.25, -0.2) is 0 Å². The molecule has 0 saturated heterocycles. The lowest BCUT2D eigenvalue weighted by atomic mass is 9.94. The van der Waals surface area contributed by atoms with Gasteiger partial charge in [0, 0.05) is 17.5 Å². The molecular weight excluding hydrogens is 358 g/mol. The highest BCUT2D eigenvalue weighted by atomic mass is 16.3. The minimum absolute atomic E-state index is 0.0318. The van der Waals surface area contributed by atoms with Crippen molar-refractivity contribution in [3.8, 4) is 11.1 Å². The number of Topliss-reactive ketones (excluding diaryl/α,β-unsaturated/α-hetero) is 1. The number of carbonyl (C=O) groups is 1. The van der Waals surface area contributed by atoms with Crippen molar-refractivity contribution in [1.82, 2.24) is 0 Å². The molecule has 0 aliphatic rings. The Balaban J connectivity index is 1.53. The maximum atomic E-state index is 12.5. The van der Waals surface area contributed by atoms with E-state index in [9.17, 15) is 9.90 Å². The quantitative estimate of drug-likeness (QED) is 0.518. The molecule has 0 fully saturated rings. The molecule has 1 unspecified atom stereocenters. The molecule has 3 aromatic rings. The van der Waals surface area contributed by atoms with Crippen LogP contribution < -0.4 is 5.73 Å². The normalized spacial score (nSPS) is 13.1. The van der Waals surface area contributed by atoms with E-state index < -0.39 is 5.54 Å². The Bertz CT molecular complexity index is 913. The lowest BCUT2D eigenvalue weighted by Crippen LogP contribution is -2.40. The zero-order valence-electron chi connectivity index (χ0n) is 17.0. The van der Waals surface area contributed by atoms with E-state index in [1.54, 1.807) is 0 Å². The molecule has 0 spiro atoms. The second-order valence-electron chi connectivity index (χ2n) is 8.00. The van der Waals surface area contributed by atoms with Gasteiger partial charge in [-0.05, 0) is 48.4 Å². The van der Waals surface area contributed by atoms with E-state index in [0.717, 1.165) is 24.0 Å². The van der Waals surface area contributed by atoms with Crippen LogP contribution in [0.1, 0.15) is 41.3 Å². The maximum Gasteiger partial charge on any atom is 0.163 e. The second-order valence-corrected chi connectivity index (χ2v) is 8.00. The van der Waals surface area contributed by atoms with Gasteiger partial charge < -0.3 is 10.8 Å². The summed E-state index contributed by atoms with van der Waals surface area (Å²) in [7, 11) is 0. The summed E-state index contributed by atoms with van der Waals surface area (Å²) < 4.78 is 0. The molecule has 3 heteroatoms. The lowest BCUT2D eigenvalue weighted by Gasteiger charge is -2.21. The van der Waals surface area contributed by atoms with Crippen LogP contribution in [0.2, 0.25) is 0 Å². The van der Waals surface area contributed by atoms with Gasteiger partial charge in [0.2, 0.25) is 0 Å². The summed E-state index contributed by atoms with van der Waals surface area (Å²) in [5.41, 5.74) is 10.8. The fourth-order valence-electron chi connectivity index (χ4n) is 3.26. The number of rotatable bonds is 9. The molecule has 0 bridgehead atoms. The largest absolute Gasteiger partial charge is 0.394 e. The zero-order chi connectivity index (χ0) is 20.7. The number of hydrogen-bond donors (Lipinski definition) is 2. The average molecular weight is 388 g/mol. The predicted octanol–water partition coefficient (Wildman–Crippen LogP) is 4.81. The van der Waals surface area contributed by atoms with E-state index >= 15 is 0 Å². The summed E-state index contributed by atoms with van der Waals surface area (Å²) in [6.07, 6.45) is 2.72. The van der Waals surface area contributed by atoms with Gasteiger partial charge in [0.1, 0.15) is 0 Å². The minimum atomic E-state index is -0.565. The number of aliphatic hydroxyl groups excluding tert-OH is 1. The van der Waals surface area contributed by atoms with Gasteiger partial charge in [0.25, 0.3) is 0 Å². The van der Waals surface area contributed by atoms with Crippen molar-refractivity contribution in [3.63, 3.8) is 0 Å². The van der Waals surface area contributed by atoms with Gasteiger partial charge in [-0.15, -0.1) is 0 Å². The molecule has 3 nitrogen and oxygen atoms in total. The van der Waals surface area contributed by atoms with Crippen LogP contribution in [0.25, 0.3) is 11.1 Å². The first kappa shape index (κ1) is 21.0. The van der Waals surface area contributed by atoms with Crippen LogP contribution >= 0.6 is 0 Å². The van der Waals surface area contributed by atoms with Crippen LogP contribution in [0, 0.1) is 0 Å². The molecule has 0 radical (unpaired) electrons. The molecule has 0 amide bonds. The molecule has 0 saturated carbocycles. The summed E-state index contributed by atoms with van der Waals surface area (Å²) >= 11 is 0. The SMILES string of the molecule is CC(N)(CO)CCc1ccc(C(=O)CCc2ccc(-c3ccccc3)cc2)cc1. The molecule has 3 rings (SSSR count). The number of benzene rings is 3. The van der Waals surface area contributed by atoms with Crippen molar-refractivity contribution in [2.45, 2.75) is 38.1 Å². The molecule has 3 N–H and O–H groups in total. The Morgan fingerprint density at radius 1 is 0.828 bits per heavy atom. The van der Waals surface area contributed by atoms with Gasteiger partial charge in [0.15, 0.2) is 5.78 Å². The molecule has 0 heterocycles. The number of nitrogens with two attached hydrogens (primary N) is 1. The third kappa shape index (κ3) is 6.11. The summed E-state index contributed by atoms with van der Waals surface area (Å²) in [6.45, 7) is 1.81. The predicted molar refractivity (Wildman–Crippen MR) is 119 cm³/mol. The van der Waals surface area contributed by atoms with E-state index in [4.69, 9.17) is 5.73 Å². The number of aliphatic hydroxyl groups is 1. The molecular formula is C26H29NO2. The zero-order valence-corrected chi connectivity index (χ0v) is 17.0. The van der Waals surface area contributed by atoms with Gasteiger partial charge in [-0.1, -0.05) is 78.9 Å². The van der Waals surface area contributed by atoms with Crippen molar-refractivity contribution < 1.29 is 9.90 Å². The standard InChI is InChI=1S/C26H29NO2/c1-26(27,19-28)18-17-21-9-14-24(15-10-21)25(29)16-11-20-7-12-23(13-8-20)22-5-3-2-4-6-22/h2-10,12-15,28H,11,16-19,27H2,1H3. The fraction of sp³-hybridized carbons (Fsp3) is 0.269. The van der Waals surface area contributed by atoms with Crippen molar-refractivity contribution in [2.75, 3.05) is 6.61 Å². The Morgan fingerprint density at radius 3 is 2.00 bits per heavy atom. The van der Waals surface area contributed by atoms with Gasteiger partial charge >= 0.3 is 0 Å². The van der Waals surface area contributed by atoms with E-state index in [1.807, 2.05) is 49.4 Å². The highest BCUT2D eigenvalue weighted by Crippen LogP contribution is 2.20. The van der Waals surface area contributed by atoms with Crippen molar-refractivity contribution in [1.29, 1.82) is 0 Å². The first-order valence-corrected chi connectivity index (χ1v) is 10.1. The molecule has 150 valence electrons. The van der Waals surface area contributed by atoms with Gasteiger partial charge in [0.05, 0.1) is 6.61 Å². The summed E-state index contributed by atoms with van der Waals surface area (Å²) in [5.74, 6) is 0.155. The van der Waals surface area contributed by atoms with Crippen molar-refractivity contribution in [2.24, 2.45) is 5.73 Å². The molecule has 0 aliphatic heterocycles. The third-order valence-electron chi connectivity index (χ3n) is 5.32. The van der Waals surface area contributed by atoms with Gasteiger partial charge in [-0.2, -0.15) is 0 Å². The highest BCUT2D eigenvalue weighted by molar-refractivity contribution is 5.96. The van der Waals surface area contributed by atoms with Crippen LogP contribution in [-0.2, 0) is 12.8 Å². The molecule has 0 aromatic heterocycles. The Kier molecular flexibility index (Phi) is 6.97. The first-order valence-electron chi connectivity index (χ1n) is 10.1. The molecule has 1 atom stereocenters. The van der Waals surface area contributed by atoms with Crippen molar-refractivity contribution in [3.05, 3.63) is 95.6 Å².